The van der Waals surface area contributed by atoms with Crippen molar-refractivity contribution in [3.63, 3.8) is 0 Å². The Kier molecular flexibility index (Phi) is 4.34. The van der Waals surface area contributed by atoms with E-state index < -0.39 is 11.6 Å². The van der Waals surface area contributed by atoms with Gasteiger partial charge in [0.1, 0.15) is 18.2 Å². The van der Waals surface area contributed by atoms with Crippen LogP contribution in [0.2, 0.25) is 0 Å². The van der Waals surface area contributed by atoms with Gasteiger partial charge < -0.3 is 15.0 Å². The number of aromatic nitrogens is 1. The molecule has 20 heavy (non-hydrogen) atoms. The third-order valence-electron chi connectivity index (χ3n) is 2.80. The first kappa shape index (κ1) is 14.5. The molecule has 0 amide bonds. The molecule has 2 aromatic rings. The van der Waals surface area contributed by atoms with Crippen LogP contribution < -0.4 is 10.5 Å². The minimum atomic E-state index is -0.701. The molecule has 0 aliphatic rings. The van der Waals surface area contributed by atoms with E-state index in [2.05, 4.69) is 5.16 Å². The molecule has 0 aliphatic carbocycles. The van der Waals surface area contributed by atoms with Crippen molar-refractivity contribution in [2.24, 2.45) is 5.73 Å². The fraction of sp³-hybridized carbons (Fsp3) is 0.357. The molecular weight excluding hydrogens is 266 g/mol. The molecule has 6 heteroatoms. The summed E-state index contributed by atoms with van der Waals surface area (Å²) in [5.41, 5.74) is 6.18. The van der Waals surface area contributed by atoms with Crippen LogP contribution in [0.25, 0.3) is 11.3 Å². The number of nitrogens with zero attached hydrogens (tertiary/aromatic N) is 1. The van der Waals surface area contributed by atoms with Crippen LogP contribution in [0.15, 0.2) is 22.7 Å². The summed E-state index contributed by atoms with van der Waals surface area (Å²) in [6, 6.07) is 3.30. The maximum atomic E-state index is 13.9. The topological polar surface area (TPSA) is 61.3 Å². The van der Waals surface area contributed by atoms with Crippen molar-refractivity contribution in [2.45, 2.75) is 19.8 Å². The third kappa shape index (κ3) is 2.80. The van der Waals surface area contributed by atoms with Crippen molar-refractivity contribution in [3.8, 4) is 17.2 Å². The Labute approximate surface area is 115 Å². The third-order valence-corrected chi connectivity index (χ3v) is 2.80. The Morgan fingerprint density at radius 1 is 1.35 bits per heavy atom. The van der Waals surface area contributed by atoms with E-state index in [1.807, 2.05) is 13.8 Å². The van der Waals surface area contributed by atoms with Crippen molar-refractivity contribution in [3.05, 3.63) is 35.4 Å². The van der Waals surface area contributed by atoms with Crippen molar-refractivity contribution >= 4 is 0 Å². The van der Waals surface area contributed by atoms with Gasteiger partial charge in [0.15, 0.2) is 5.76 Å². The molecular formula is C14H16F2N2O2. The van der Waals surface area contributed by atoms with Crippen LogP contribution in [-0.4, -0.2) is 18.3 Å². The standard InChI is InChI=1S/C14H16F2N2O2/c1-8(2)12-13(20-18-14(12)19-6-5-17)10-4-3-9(15)7-11(10)16/h3-4,7-8H,5-6,17H2,1-2H3. The van der Waals surface area contributed by atoms with Crippen molar-refractivity contribution < 1.29 is 18.0 Å². The number of nitrogens with two attached hydrogens (primary N) is 1. The first-order chi connectivity index (χ1) is 9.54. The molecule has 0 aliphatic heterocycles. The fourth-order valence-corrected chi connectivity index (χ4v) is 1.92. The van der Waals surface area contributed by atoms with E-state index in [4.69, 9.17) is 15.0 Å². The van der Waals surface area contributed by atoms with Crippen LogP contribution in [0, 0.1) is 11.6 Å². The van der Waals surface area contributed by atoms with Gasteiger partial charge >= 0.3 is 0 Å². The highest BCUT2D eigenvalue weighted by Gasteiger charge is 2.23. The van der Waals surface area contributed by atoms with Crippen molar-refractivity contribution in [2.75, 3.05) is 13.2 Å². The number of ether oxygens (including phenoxy) is 1. The van der Waals surface area contributed by atoms with Crippen molar-refractivity contribution in [1.82, 2.24) is 5.16 Å². The molecule has 0 fully saturated rings. The van der Waals surface area contributed by atoms with Gasteiger partial charge in [-0.15, -0.1) is 0 Å². The fourth-order valence-electron chi connectivity index (χ4n) is 1.92. The number of rotatable bonds is 5. The predicted molar refractivity (Wildman–Crippen MR) is 70.5 cm³/mol. The summed E-state index contributed by atoms with van der Waals surface area (Å²) in [5.74, 6) is -0.785. The average Bonchev–Trinajstić information content (AvgIpc) is 2.80. The van der Waals surface area contributed by atoms with Crippen LogP contribution >= 0.6 is 0 Å². The molecule has 1 aromatic carbocycles. The molecule has 0 spiro atoms. The van der Waals surface area contributed by atoms with Crippen LogP contribution in [-0.2, 0) is 0 Å². The second-order valence-corrected chi connectivity index (χ2v) is 4.65. The van der Waals surface area contributed by atoms with Gasteiger partial charge in [0.05, 0.1) is 11.1 Å². The maximum Gasteiger partial charge on any atom is 0.258 e. The zero-order chi connectivity index (χ0) is 14.7. The Bertz CT molecular complexity index is 597. The minimum absolute atomic E-state index is 0.00785. The molecule has 0 bridgehead atoms. The maximum absolute atomic E-state index is 13.9. The molecule has 1 aromatic heterocycles. The number of benzene rings is 1. The van der Waals surface area contributed by atoms with E-state index in [0.29, 0.717) is 18.0 Å². The van der Waals surface area contributed by atoms with Crippen LogP contribution in [0.4, 0.5) is 8.78 Å². The van der Waals surface area contributed by atoms with E-state index in [1.54, 1.807) is 0 Å². The van der Waals surface area contributed by atoms with Crippen LogP contribution in [0.3, 0.4) is 0 Å². The van der Waals surface area contributed by atoms with E-state index >= 15 is 0 Å². The van der Waals surface area contributed by atoms with Gasteiger partial charge in [-0.1, -0.05) is 13.8 Å². The molecule has 0 atom stereocenters. The quantitative estimate of drug-likeness (QED) is 0.915. The molecule has 2 N–H and O–H groups in total. The summed E-state index contributed by atoms with van der Waals surface area (Å²) in [7, 11) is 0. The lowest BCUT2D eigenvalue weighted by molar-refractivity contribution is 0.286. The SMILES string of the molecule is CC(C)c1c(OCCN)noc1-c1ccc(F)cc1F. The number of hydrogen-bond acceptors (Lipinski definition) is 4. The molecule has 108 valence electrons. The lowest BCUT2D eigenvalue weighted by Gasteiger charge is -2.08. The van der Waals surface area contributed by atoms with Gasteiger partial charge in [0, 0.05) is 12.6 Å². The first-order valence-electron chi connectivity index (χ1n) is 6.32. The van der Waals surface area contributed by atoms with Crippen LogP contribution in [0.1, 0.15) is 25.3 Å². The highest BCUT2D eigenvalue weighted by Crippen LogP contribution is 2.37. The smallest absolute Gasteiger partial charge is 0.258 e. The Hall–Kier alpha value is -1.95. The second-order valence-electron chi connectivity index (χ2n) is 4.65. The van der Waals surface area contributed by atoms with Gasteiger partial charge in [-0.05, 0) is 23.2 Å². The van der Waals surface area contributed by atoms with E-state index in [9.17, 15) is 8.78 Å². The summed E-state index contributed by atoms with van der Waals surface area (Å²) in [4.78, 5) is 0. The van der Waals surface area contributed by atoms with E-state index in [-0.39, 0.29) is 23.8 Å². The molecule has 0 saturated carbocycles. The predicted octanol–water partition coefficient (Wildman–Crippen LogP) is 3.08. The number of halogens is 2. The Morgan fingerprint density at radius 2 is 2.10 bits per heavy atom. The summed E-state index contributed by atoms with van der Waals surface area (Å²) in [5, 5.41) is 3.80. The Balaban J connectivity index is 2.48. The highest BCUT2D eigenvalue weighted by atomic mass is 19.1. The van der Waals surface area contributed by atoms with E-state index in [1.165, 1.54) is 12.1 Å². The van der Waals surface area contributed by atoms with Gasteiger partial charge in [-0.2, -0.15) is 0 Å². The summed E-state index contributed by atoms with van der Waals surface area (Å²) >= 11 is 0. The lowest BCUT2D eigenvalue weighted by atomic mass is 9.99. The molecule has 0 radical (unpaired) electrons. The van der Waals surface area contributed by atoms with Crippen molar-refractivity contribution in [1.29, 1.82) is 0 Å². The molecule has 2 rings (SSSR count). The summed E-state index contributed by atoms with van der Waals surface area (Å²) in [6.45, 7) is 4.45. The molecule has 4 nitrogen and oxygen atoms in total. The molecule has 1 heterocycles. The minimum Gasteiger partial charge on any atom is -0.474 e. The van der Waals surface area contributed by atoms with E-state index in [0.717, 1.165) is 6.07 Å². The molecule has 0 unspecified atom stereocenters. The van der Waals surface area contributed by atoms with Gasteiger partial charge in [0.2, 0.25) is 0 Å². The Morgan fingerprint density at radius 3 is 2.70 bits per heavy atom. The number of hydrogen-bond donors (Lipinski definition) is 1. The van der Waals surface area contributed by atoms with Gasteiger partial charge in [-0.3, -0.25) is 0 Å². The van der Waals surface area contributed by atoms with Gasteiger partial charge in [-0.25, -0.2) is 8.78 Å². The average molecular weight is 282 g/mol. The highest BCUT2D eigenvalue weighted by molar-refractivity contribution is 5.64. The summed E-state index contributed by atoms with van der Waals surface area (Å²) < 4.78 is 37.4. The molecule has 0 saturated heterocycles. The van der Waals surface area contributed by atoms with Gasteiger partial charge in [0.25, 0.3) is 5.88 Å². The normalized spacial score (nSPS) is 11.1. The zero-order valence-electron chi connectivity index (χ0n) is 11.3. The summed E-state index contributed by atoms with van der Waals surface area (Å²) in [6.07, 6.45) is 0. The zero-order valence-corrected chi connectivity index (χ0v) is 11.3. The largest absolute Gasteiger partial charge is 0.474 e. The van der Waals surface area contributed by atoms with Crippen LogP contribution in [0.5, 0.6) is 5.88 Å². The monoisotopic (exact) mass is 282 g/mol. The first-order valence-corrected chi connectivity index (χ1v) is 6.32. The second kappa shape index (κ2) is 6.00. The lowest BCUT2D eigenvalue weighted by Crippen LogP contribution is -2.11.